The van der Waals surface area contributed by atoms with Crippen LogP contribution in [0.4, 0.5) is 0 Å². The van der Waals surface area contributed by atoms with Gasteiger partial charge in [0.25, 0.3) is 0 Å². The molecule has 18 heavy (non-hydrogen) atoms. The number of rotatable bonds is 3. The van der Waals surface area contributed by atoms with Gasteiger partial charge in [0.2, 0.25) is 0 Å². The van der Waals surface area contributed by atoms with E-state index < -0.39 is 5.97 Å². The van der Waals surface area contributed by atoms with Crippen molar-refractivity contribution in [1.29, 1.82) is 0 Å². The first-order valence-electron chi connectivity index (χ1n) is 6.05. The number of aliphatic carboxylic acids is 1. The Morgan fingerprint density at radius 1 is 1.11 bits per heavy atom. The highest BCUT2D eigenvalue weighted by atomic mass is 16.4. The summed E-state index contributed by atoms with van der Waals surface area (Å²) in [5.74, 6) is -0.847. The summed E-state index contributed by atoms with van der Waals surface area (Å²) in [7, 11) is 0. The molecule has 0 spiro atoms. The summed E-state index contributed by atoms with van der Waals surface area (Å²) in [5, 5.41) is 11.4. The number of hydrogen-bond acceptors (Lipinski definition) is 1. The fourth-order valence-corrected chi connectivity index (χ4v) is 2.19. The van der Waals surface area contributed by atoms with E-state index in [1.165, 1.54) is 5.39 Å². The molecule has 0 aliphatic heterocycles. The van der Waals surface area contributed by atoms with Crippen molar-refractivity contribution in [3.8, 4) is 0 Å². The largest absolute Gasteiger partial charge is 0.478 e. The van der Waals surface area contributed by atoms with Gasteiger partial charge < -0.3 is 5.11 Å². The van der Waals surface area contributed by atoms with E-state index in [9.17, 15) is 4.79 Å². The van der Waals surface area contributed by atoms with Gasteiger partial charge in [-0.05, 0) is 41.3 Å². The number of allylic oxidation sites excluding steroid dienone is 1. The van der Waals surface area contributed by atoms with Gasteiger partial charge in [-0.25, -0.2) is 4.79 Å². The number of hydrogen-bond donors (Lipinski definition) is 1. The molecule has 2 heteroatoms. The summed E-state index contributed by atoms with van der Waals surface area (Å²) in [6, 6.07) is 14.2. The molecule has 0 amide bonds. The van der Waals surface area contributed by atoms with E-state index in [-0.39, 0.29) is 0 Å². The summed E-state index contributed by atoms with van der Waals surface area (Å²) in [4.78, 5) is 11.1. The fraction of sp³-hybridized carbons (Fsp3) is 0.188. The molecule has 92 valence electrons. The van der Waals surface area contributed by atoms with Crippen molar-refractivity contribution >= 4 is 22.3 Å². The van der Waals surface area contributed by atoms with Crippen molar-refractivity contribution in [3.63, 3.8) is 0 Å². The van der Waals surface area contributed by atoms with Gasteiger partial charge in [-0.3, -0.25) is 0 Å². The van der Waals surface area contributed by atoms with Gasteiger partial charge in [0.1, 0.15) is 0 Å². The molecule has 0 fully saturated rings. The Kier molecular flexibility index (Phi) is 3.47. The van der Waals surface area contributed by atoms with Crippen LogP contribution in [0, 0.1) is 0 Å². The normalized spacial score (nSPS) is 12.3. The highest BCUT2D eigenvalue weighted by Crippen LogP contribution is 2.26. The van der Waals surface area contributed by atoms with E-state index in [0.717, 1.165) is 22.9 Å². The summed E-state index contributed by atoms with van der Waals surface area (Å²) < 4.78 is 0. The van der Waals surface area contributed by atoms with Crippen molar-refractivity contribution in [1.82, 2.24) is 0 Å². The highest BCUT2D eigenvalue weighted by Gasteiger charge is 2.10. The third kappa shape index (κ3) is 2.28. The maximum Gasteiger partial charge on any atom is 0.331 e. The molecule has 0 bridgehead atoms. The van der Waals surface area contributed by atoms with E-state index in [1.54, 1.807) is 6.92 Å². The number of carboxylic acids is 1. The predicted octanol–water partition coefficient (Wildman–Crippen LogP) is 4.11. The maximum absolute atomic E-state index is 11.1. The minimum absolute atomic E-state index is 0.424. The zero-order valence-corrected chi connectivity index (χ0v) is 10.6. The van der Waals surface area contributed by atoms with Crippen LogP contribution in [0.2, 0.25) is 0 Å². The quantitative estimate of drug-likeness (QED) is 0.820. The van der Waals surface area contributed by atoms with Gasteiger partial charge >= 0.3 is 5.97 Å². The smallest absolute Gasteiger partial charge is 0.331 e. The van der Waals surface area contributed by atoms with Gasteiger partial charge in [-0.15, -0.1) is 0 Å². The Labute approximate surface area is 107 Å². The number of fused-ring (bicyclic) bond motifs is 1. The van der Waals surface area contributed by atoms with Crippen LogP contribution in [0.5, 0.6) is 0 Å². The van der Waals surface area contributed by atoms with Crippen molar-refractivity contribution in [2.45, 2.75) is 20.3 Å². The molecular formula is C16H16O2. The Morgan fingerprint density at radius 2 is 1.78 bits per heavy atom. The molecule has 1 N–H and O–H groups in total. The molecule has 0 aromatic heterocycles. The lowest BCUT2D eigenvalue weighted by Gasteiger charge is -2.09. The first-order valence-corrected chi connectivity index (χ1v) is 6.05. The molecule has 0 heterocycles. The lowest BCUT2D eigenvalue weighted by atomic mass is 9.96. The van der Waals surface area contributed by atoms with Gasteiger partial charge in [0.05, 0.1) is 0 Å². The average molecular weight is 240 g/mol. The summed E-state index contributed by atoms with van der Waals surface area (Å²) >= 11 is 0. The lowest BCUT2D eigenvalue weighted by Crippen LogP contribution is -2.00. The second-order valence-electron chi connectivity index (χ2n) is 4.32. The van der Waals surface area contributed by atoms with Crippen molar-refractivity contribution in [2.75, 3.05) is 0 Å². The molecule has 2 aromatic carbocycles. The molecular weight excluding hydrogens is 224 g/mol. The lowest BCUT2D eigenvalue weighted by molar-refractivity contribution is -0.132. The van der Waals surface area contributed by atoms with E-state index in [0.29, 0.717) is 5.57 Å². The molecule has 2 nitrogen and oxygen atoms in total. The van der Waals surface area contributed by atoms with E-state index in [2.05, 4.69) is 12.1 Å². The van der Waals surface area contributed by atoms with Crippen LogP contribution in [0.1, 0.15) is 25.8 Å². The summed E-state index contributed by atoms with van der Waals surface area (Å²) in [6.07, 6.45) is 0.719. The number of carboxylic acid groups (broad SMARTS) is 1. The maximum atomic E-state index is 11.1. The standard InChI is InChI=1S/C16H16O2/c1-3-15(11(2)16(17)18)14-9-8-12-6-4-5-7-13(12)10-14/h4-10H,3H2,1-2H3,(H,17,18)/b15-11+. The monoisotopic (exact) mass is 240 g/mol. The molecule has 0 atom stereocenters. The summed E-state index contributed by atoms with van der Waals surface area (Å²) in [6.45, 7) is 3.65. The first-order chi connectivity index (χ1) is 8.63. The molecule has 2 rings (SSSR count). The van der Waals surface area contributed by atoms with Crippen molar-refractivity contribution in [2.24, 2.45) is 0 Å². The van der Waals surface area contributed by atoms with Gasteiger partial charge in [-0.2, -0.15) is 0 Å². The Hall–Kier alpha value is -2.09. The van der Waals surface area contributed by atoms with Crippen LogP contribution < -0.4 is 0 Å². The van der Waals surface area contributed by atoms with E-state index >= 15 is 0 Å². The Morgan fingerprint density at radius 3 is 2.39 bits per heavy atom. The third-order valence-corrected chi connectivity index (χ3v) is 3.22. The molecule has 0 radical (unpaired) electrons. The third-order valence-electron chi connectivity index (χ3n) is 3.22. The second kappa shape index (κ2) is 5.05. The molecule has 0 aliphatic carbocycles. The SMILES string of the molecule is CC/C(=C(/C)C(=O)O)c1ccc2ccccc2c1. The first kappa shape index (κ1) is 12.4. The zero-order valence-electron chi connectivity index (χ0n) is 10.6. The van der Waals surface area contributed by atoms with E-state index in [4.69, 9.17) is 5.11 Å². The van der Waals surface area contributed by atoms with Gasteiger partial charge in [-0.1, -0.05) is 43.3 Å². The van der Waals surface area contributed by atoms with E-state index in [1.807, 2.05) is 37.3 Å². The molecule has 0 aliphatic rings. The Bertz CT molecular complexity index is 624. The van der Waals surface area contributed by atoms with Gasteiger partial charge in [0.15, 0.2) is 0 Å². The minimum atomic E-state index is -0.847. The fourth-order valence-electron chi connectivity index (χ4n) is 2.19. The average Bonchev–Trinajstić information content (AvgIpc) is 2.39. The van der Waals surface area contributed by atoms with Crippen LogP contribution in [-0.2, 0) is 4.79 Å². The zero-order chi connectivity index (χ0) is 13.1. The molecule has 0 saturated heterocycles. The van der Waals surface area contributed by atoms with Crippen LogP contribution in [0.3, 0.4) is 0 Å². The minimum Gasteiger partial charge on any atom is -0.478 e. The van der Waals surface area contributed by atoms with Crippen molar-refractivity contribution < 1.29 is 9.90 Å². The highest BCUT2D eigenvalue weighted by molar-refractivity contribution is 5.97. The van der Waals surface area contributed by atoms with Crippen LogP contribution >= 0.6 is 0 Å². The summed E-state index contributed by atoms with van der Waals surface area (Å²) in [5.41, 5.74) is 2.32. The van der Waals surface area contributed by atoms with Crippen molar-refractivity contribution in [3.05, 3.63) is 53.6 Å². The second-order valence-corrected chi connectivity index (χ2v) is 4.32. The number of carbonyl (C=O) groups is 1. The van der Waals surface area contributed by atoms with Crippen LogP contribution in [0.25, 0.3) is 16.3 Å². The molecule has 0 saturated carbocycles. The molecule has 2 aromatic rings. The topological polar surface area (TPSA) is 37.3 Å². The van der Waals surface area contributed by atoms with Crippen LogP contribution in [0.15, 0.2) is 48.0 Å². The predicted molar refractivity (Wildman–Crippen MR) is 74.5 cm³/mol. The van der Waals surface area contributed by atoms with Crippen LogP contribution in [-0.4, -0.2) is 11.1 Å². The Balaban J connectivity index is 2.60. The van der Waals surface area contributed by atoms with Gasteiger partial charge in [0, 0.05) is 5.57 Å². The molecule has 0 unspecified atom stereocenters. The number of benzene rings is 2.